The summed E-state index contributed by atoms with van der Waals surface area (Å²) in [5.74, 6) is 0.733. The number of nitrogens with two attached hydrogens (primary N) is 1. The summed E-state index contributed by atoms with van der Waals surface area (Å²) < 4.78 is 0. The third kappa shape index (κ3) is 3.01. The largest absolute Gasteiger partial charge is 0.329 e. The normalized spacial score (nSPS) is 27.7. The highest BCUT2D eigenvalue weighted by Crippen LogP contribution is 2.40. The van der Waals surface area contributed by atoms with Crippen LogP contribution in [0.15, 0.2) is 30.3 Å². The van der Waals surface area contributed by atoms with Gasteiger partial charge in [-0.05, 0) is 50.3 Å². The highest BCUT2D eigenvalue weighted by atomic mass is 15.2. The van der Waals surface area contributed by atoms with Crippen molar-refractivity contribution in [3.05, 3.63) is 35.9 Å². The van der Waals surface area contributed by atoms with E-state index < -0.39 is 0 Å². The molecule has 0 amide bonds. The van der Waals surface area contributed by atoms with E-state index in [1.165, 1.54) is 31.2 Å². The average Bonchev–Trinajstić information content (AvgIpc) is 2.50. The van der Waals surface area contributed by atoms with Gasteiger partial charge in [-0.25, -0.2) is 0 Å². The van der Waals surface area contributed by atoms with Crippen molar-refractivity contribution in [2.75, 3.05) is 19.6 Å². The van der Waals surface area contributed by atoms with Gasteiger partial charge in [0.1, 0.15) is 0 Å². The van der Waals surface area contributed by atoms with E-state index in [9.17, 15) is 0 Å². The van der Waals surface area contributed by atoms with Gasteiger partial charge in [0.25, 0.3) is 0 Å². The van der Waals surface area contributed by atoms with Crippen molar-refractivity contribution < 1.29 is 0 Å². The summed E-state index contributed by atoms with van der Waals surface area (Å²) in [4.78, 5) is 2.58. The van der Waals surface area contributed by atoms with Crippen LogP contribution in [0.5, 0.6) is 0 Å². The molecule has 0 spiro atoms. The lowest BCUT2D eigenvalue weighted by atomic mass is 9.73. The Balaban J connectivity index is 2.04. The van der Waals surface area contributed by atoms with Crippen molar-refractivity contribution in [2.45, 2.75) is 51.0 Å². The molecule has 2 nitrogen and oxygen atoms in total. The second kappa shape index (κ2) is 6.53. The Morgan fingerprint density at radius 2 is 1.68 bits per heavy atom. The molecule has 0 aliphatic heterocycles. The molecular weight excluding hydrogens is 232 g/mol. The minimum atomic E-state index is 0.259. The molecule has 1 aliphatic rings. The van der Waals surface area contributed by atoms with Crippen molar-refractivity contribution >= 4 is 0 Å². The van der Waals surface area contributed by atoms with E-state index in [2.05, 4.69) is 49.1 Å². The summed E-state index contributed by atoms with van der Waals surface area (Å²) in [5, 5.41) is 0. The van der Waals surface area contributed by atoms with Gasteiger partial charge < -0.3 is 5.73 Å². The number of rotatable bonds is 5. The van der Waals surface area contributed by atoms with Crippen LogP contribution in [0.1, 0.15) is 51.0 Å². The number of benzene rings is 1. The van der Waals surface area contributed by atoms with Gasteiger partial charge in [-0.3, -0.25) is 4.90 Å². The Kier molecular flexibility index (Phi) is 5.00. The third-order valence-corrected chi connectivity index (χ3v) is 5.00. The molecule has 1 saturated carbocycles. The van der Waals surface area contributed by atoms with E-state index in [0.29, 0.717) is 0 Å². The summed E-state index contributed by atoms with van der Waals surface area (Å²) in [5.41, 5.74) is 7.90. The molecule has 2 heteroatoms. The molecule has 0 unspecified atom stereocenters. The highest BCUT2D eigenvalue weighted by Gasteiger charge is 2.38. The first-order chi connectivity index (χ1) is 9.25. The van der Waals surface area contributed by atoms with E-state index in [-0.39, 0.29) is 5.54 Å². The molecule has 2 N–H and O–H groups in total. The van der Waals surface area contributed by atoms with E-state index in [0.717, 1.165) is 25.6 Å². The topological polar surface area (TPSA) is 29.3 Å². The van der Waals surface area contributed by atoms with Crippen molar-refractivity contribution in [1.82, 2.24) is 4.90 Å². The summed E-state index contributed by atoms with van der Waals surface area (Å²) in [6.07, 6.45) is 5.03. The van der Waals surface area contributed by atoms with Gasteiger partial charge in [0.05, 0.1) is 0 Å². The van der Waals surface area contributed by atoms with Gasteiger partial charge in [0.15, 0.2) is 0 Å². The van der Waals surface area contributed by atoms with Crippen molar-refractivity contribution in [1.29, 1.82) is 0 Å². The quantitative estimate of drug-likeness (QED) is 0.879. The lowest BCUT2D eigenvalue weighted by Crippen LogP contribution is -2.55. The molecule has 1 aromatic carbocycles. The number of nitrogens with zero attached hydrogens (tertiary/aromatic N) is 1. The first kappa shape index (κ1) is 14.5. The Morgan fingerprint density at radius 3 is 2.16 bits per heavy atom. The van der Waals surface area contributed by atoms with E-state index in [1.807, 2.05) is 0 Å². The first-order valence-corrected chi connectivity index (χ1v) is 7.76. The molecular formula is C17H28N2. The fourth-order valence-electron chi connectivity index (χ4n) is 3.76. The van der Waals surface area contributed by atoms with Crippen LogP contribution >= 0.6 is 0 Å². The van der Waals surface area contributed by atoms with Crippen LogP contribution in [0.25, 0.3) is 0 Å². The second-order valence-corrected chi connectivity index (χ2v) is 5.79. The fraction of sp³-hybridized carbons (Fsp3) is 0.647. The number of hydrogen-bond donors (Lipinski definition) is 1. The van der Waals surface area contributed by atoms with Gasteiger partial charge in [-0.2, -0.15) is 0 Å². The van der Waals surface area contributed by atoms with Gasteiger partial charge in [0, 0.05) is 12.1 Å². The highest BCUT2D eigenvalue weighted by molar-refractivity contribution is 5.20. The van der Waals surface area contributed by atoms with E-state index in [1.54, 1.807) is 0 Å². The second-order valence-electron chi connectivity index (χ2n) is 5.79. The van der Waals surface area contributed by atoms with Gasteiger partial charge in [0.2, 0.25) is 0 Å². The zero-order valence-electron chi connectivity index (χ0n) is 12.4. The molecule has 0 atom stereocenters. The van der Waals surface area contributed by atoms with Crippen LogP contribution in [0.3, 0.4) is 0 Å². The Hall–Kier alpha value is -0.860. The summed E-state index contributed by atoms with van der Waals surface area (Å²) in [7, 11) is 0. The molecule has 0 bridgehead atoms. The summed E-state index contributed by atoms with van der Waals surface area (Å²) in [6, 6.07) is 11.0. The molecule has 2 rings (SSSR count). The summed E-state index contributed by atoms with van der Waals surface area (Å²) in [6.45, 7) is 7.54. The molecule has 0 aromatic heterocycles. The predicted octanol–water partition coefficient (Wildman–Crippen LogP) is 3.38. The maximum Gasteiger partial charge on any atom is 0.0331 e. The third-order valence-electron chi connectivity index (χ3n) is 5.00. The van der Waals surface area contributed by atoms with Gasteiger partial charge in [-0.1, -0.05) is 44.2 Å². The molecule has 0 saturated heterocycles. The van der Waals surface area contributed by atoms with Gasteiger partial charge >= 0.3 is 0 Å². The lowest BCUT2D eigenvalue weighted by Gasteiger charge is -2.47. The SMILES string of the molecule is CCN(CC)C1(CN)CCC(c2ccccc2)CC1. The smallest absolute Gasteiger partial charge is 0.0331 e. The molecule has 0 heterocycles. The van der Waals surface area contributed by atoms with E-state index in [4.69, 9.17) is 5.73 Å². The van der Waals surface area contributed by atoms with Crippen LogP contribution in [0.4, 0.5) is 0 Å². The molecule has 0 radical (unpaired) electrons. The lowest BCUT2D eigenvalue weighted by molar-refractivity contribution is 0.0613. The van der Waals surface area contributed by atoms with Crippen molar-refractivity contribution in [3.63, 3.8) is 0 Å². The first-order valence-electron chi connectivity index (χ1n) is 7.76. The van der Waals surface area contributed by atoms with Crippen molar-refractivity contribution in [2.24, 2.45) is 5.73 Å². The standard InChI is InChI=1S/C17H28N2/c1-3-19(4-2)17(14-18)12-10-16(11-13-17)15-8-6-5-7-9-15/h5-9,16H,3-4,10-14,18H2,1-2H3. The van der Waals surface area contributed by atoms with Crippen LogP contribution < -0.4 is 5.73 Å². The predicted molar refractivity (Wildman–Crippen MR) is 82.4 cm³/mol. The van der Waals surface area contributed by atoms with Gasteiger partial charge in [-0.15, -0.1) is 0 Å². The number of likely N-dealkylation sites (N-methyl/N-ethyl adjacent to an activating group) is 1. The monoisotopic (exact) mass is 260 g/mol. The van der Waals surface area contributed by atoms with E-state index >= 15 is 0 Å². The van der Waals surface area contributed by atoms with Crippen molar-refractivity contribution in [3.8, 4) is 0 Å². The average molecular weight is 260 g/mol. The molecule has 1 aliphatic carbocycles. The molecule has 1 aromatic rings. The zero-order valence-corrected chi connectivity index (χ0v) is 12.4. The van der Waals surface area contributed by atoms with Crippen LogP contribution in [-0.2, 0) is 0 Å². The minimum absolute atomic E-state index is 0.259. The Bertz CT molecular complexity index is 362. The molecule has 1 fully saturated rings. The maximum atomic E-state index is 6.13. The van der Waals surface area contributed by atoms with Crippen LogP contribution in [0, 0.1) is 0 Å². The summed E-state index contributed by atoms with van der Waals surface area (Å²) >= 11 is 0. The molecule has 19 heavy (non-hydrogen) atoms. The Labute approximate surface area is 118 Å². The zero-order chi connectivity index (χ0) is 13.7. The minimum Gasteiger partial charge on any atom is -0.329 e. The maximum absolute atomic E-state index is 6.13. The fourth-order valence-corrected chi connectivity index (χ4v) is 3.76. The Morgan fingerprint density at radius 1 is 1.11 bits per heavy atom. The van der Waals surface area contributed by atoms with Crippen LogP contribution in [-0.4, -0.2) is 30.1 Å². The molecule has 106 valence electrons. The van der Waals surface area contributed by atoms with Crippen LogP contribution in [0.2, 0.25) is 0 Å². The number of hydrogen-bond acceptors (Lipinski definition) is 2.